The lowest BCUT2D eigenvalue weighted by Crippen LogP contribution is -2.55. The molecule has 0 amide bonds. The first kappa shape index (κ1) is 19.7. The molecule has 5 atom stereocenters. The molecule has 152 valence electrons. The van der Waals surface area contributed by atoms with Crippen LogP contribution in [0.25, 0.3) is 11.4 Å². The van der Waals surface area contributed by atoms with Crippen molar-refractivity contribution in [3.05, 3.63) is 72.1 Å². The molecule has 0 aliphatic carbocycles. The fourth-order valence-corrected chi connectivity index (χ4v) is 3.56. The maximum Gasteiger partial charge on any atom is 0.165 e. The standard InChI is InChI=1S/C21H23N3O5/c25-12-15-16(26)17(27)18(28)19(29-15)21-23-22-20(14-9-5-2-6-10-14)24(21)11-13-7-3-1-4-8-13/h1-10,15-19,25-28H,11-12H2/t15-,16-,17+,18-,19-/m1/s1. The van der Waals surface area contributed by atoms with Crippen molar-refractivity contribution in [2.45, 2.75) is 37.1 Å². The Morgan fingerprint density at radius 3 is 2.14 bits per heavy atom. The molecule has 2 heterocycles. The van der Waals surface area contributed by atoms with Gasteiger partial charge in [-0.05, 0) is 5.56 Å². The smallest absolute Gasteiger partial charge is 0.165 e. The highest BCUT2D eigenvalue weighted by Gasteiger charge is 2.46. The zero-order valence-corrected chi connectivity index (χ0v) is 15.6. The van der Waals surface area contributed by atoms with Gasteiger partial charge in [-0.2, -0.15) is 0 Å². The van der Waals surface area contributed by atoms with Gasteiger partial charge in [0.15, 0.2) is 11.6 Å². The molecule has 29 heavy (non-hydrogen) atoms. The summed E-state index contributed by atoms with van der Waals surface area (Å²) >= 11 is 0. The summed E-state index contributed by atoms with van der Waals surface area (Å²) in [7, 11) is 0. The Labute approximate surface area is 167 Å². The van der Waals surface area contributed by atoms with Gasteiger partial charge in [0.05, 0.1) is 13.2 Å². The Kier molecular flexibility index (Phi) is 5.70. The van der Waals surface area contributed by atoms with E-state index in [9.17, 15) is 20.4 Å². The summed E-state index contributed by atoms with van der Waals surface area (Å²) in [5.41, 5.74) is 1.84. The van der Waals surface area contributed by atoms with Gasteiger partial charge in [-0.1, -0.05) is 60.7 Å². The first-order valence-electron chi connectivity index (χ1n) is 9.43. The van der Waals surface area contributed by atoms with Crippen LogP contribution in [0.3, 0.4) is 0 Å². The summed E-state index contributed by atoms with van der Waals surface area (Å²) < 4.78 is 7.53. The van der Waals surface area contributed by atoms with Crippen LogP contribution in [0.2, 0.25) is 0 Å². The molecule has 0 unspecified atom stereocenters. The third-order valence-electron chi connectivity index (χ3n) is 5.14. The Balaban J connectivity index is 1.78. The van der Waals surface area contributed by atoms with Crippen molar-refractivity contribution in [3.8, 4) is 11.4 Å². The number of hydrogen-bond donors (Lipinski definition) is 4. The summed E-state index contributed by atoms with van der Waals surface area (Å²) in [5.74, 6) is 0.894. The third-order valence-corrected chi connectivity index (χ3v) is 5.14. The number of rotatable bonds is 5. The van der Waals surface area contributed by atoms with Crippen molar-refractivity contribution in [2.24, 2.45) is 0 Å². The minimum atomic E-state index is -1.48. The average Bonchev–Trinajstić information content (AvgIpc) is 3.17. The number of aliphatic hydroxyl groups excluding tert-OH is 4. The van der Waals surface area contributed by atoms with Crippen LogP contribution < -0.4 is 0 Å². The molecule has 1 aliphatic heterocycles. The lowest BCUT2D eigenvalue weighted by Gasteiger charge is -2.39. The normalized spacial score (nSPS) is 27.1. The van der Waals surface area contributed by atoms with Crippen LogP contribution in [0.5, 0.6) is 0 Å². The van der Waals surface area contributed by atoms with E-state index in [0.29, 0.717) is 18.2 Å². The highest BCUT2D eigenvalue weighted by molar-refractivity contribution is 5.55. The fourth-order valence-electron chi connectivity index (χ4n) is 3.56. The molecule has 4 N–H and O–H groups in total. The molecule has 0 radical (unpaired) electrons. The summed E-state index contributed by atoms with van der Waals surface area (Å²) in [6, 6.07) is 19.2. The monoisotopic (exact) mass is 397 g/mol. The van der Waals surface area contributed by atoms with E-state index in [4.69, 9.17) is 4.74 Å². The molecule has 0 saturated carbocycles. The Hall–Kier alpha value is -2.62. The number of aliphatic hydroxyl groups is 4. The second-order valence-electron chi connectivity index (χ2n) is 7.07. The number of nitrogens with zero attached hydrogens (tertiary/aromatic N) is 3. The Bertz CT molecular complexity index is 932. The highest BCUT2D eigenvalue weighted by Crippen LogP contribution is 2.33. The van der Waals surface area contributed by atoms with E-state index in [1.807, 2.05) is 65.2 Å². The predicted octanol–water partition coefficient (Wildman–Crippen LogP) is 0.508. The molecule has 8 heteroatoms. The first-order valence-corrected chi connectivity index (χ1v) is 9.43. The van der Waals surface area contributed by atoms with Gasteiger partial charge in [-0.3, -0.25) is 0 Å². The number of ether oxygens (including phenoxy) is 1. The third kappa shape index (κ3) is 3.81. The Morgan fingerprint density at radius 1 is 0.828 bits per heavy atom. The van der Waals surface area contributed by atoms with Crippen molar-refractivity contribution in [2.75, 3.05) is 6.61 Å². The minimum Gasteiger partial charge on any atom is -0.394 e. The van der Waals surface area contributed by atoms with E-state index >= 15 is 0 Å². The van der Waals surface area contributed by atoms with Crippen molar-refractivity contribution in [3.63, 3.8) is 0 Å². The van der Waals surface area contributed by atoms with Crippen molar-refractivity contribution < 1.29 is 25.2 Å². The molecule has 2 aromatic carbocycles. The van der Waals surface area contributed by atoms with Gasteiger partial charge < -0.3 is 29.7 Å². The van der Waals surface area contributed by atoms with Gasteiger partial charge in [0, 0.05) is 5.56 Å². The van der Waals surface area contributed by atoms with Crippen LogP contribution in [0.1, 0.15) is 17.5 Å². The predicted molar refractivity (Wildman–Crippen MR) is 104 cm³/mol. The van der Waals surface area contributed by atoms with Gasteiger partial charge >= 0.3 is 0 Å². The average molecular weight is 397 g/mol. The molecule has 4 rings (SSSR count). The van der Waals surface area contributed by atoms with E-state index < -0.39 is 37.1 Å². The molecule has 1 fully saturated rings. The van der Waals surface area contributed by atoms with Crippen LogP contribution in [0.4, 0.5) is 0 Å². The number of aromatic nitrogens is 3. The minimum absolute atomic E-state index is 0.310. The van der Waals surface area contributed by atoms with Crippen LogP contribution >= 0.6 is 0 Å². The zero-order chi connectivity index (χ0) is 20.4. The molecular weight excluding hydrogens is 374 g/mol. The Morgan fingerprint density at radius 2 is 1.48 bits per heavy atom. The topological polar surface area (TPSA) is 121 Å². The molecule has 8 nitrogen and oxygen atoms in total. The molecule has 1 aliphatic rings. The van der Waals surface area contributed by atoms with E-state index in [0.717, 1.165) is 11.1 Å². The molecular formula is C21H23N3O5. The fraction of sp³-hybridized carbons (Fsp3) is 0.333. The second-order valence-corrected chi connectivity index (χ2v) is 7.07. The van der Waals surface area contributed by atoms with Crippen LogP contribution in [-0.2, 0) is 11.3 Å². The van der Waals surface area contributed by atoms with Crippen LogP contribution in [0, 0.1) is 0 Å². The van der Waals surface area contributed by atoms with Crippen molar-refractivity contribution in [1.29, 1.82) is 0 Å². The molecule has 3 aromatic rings. The molecule has 1 aromatic heterocycles. The summed E-state index contributed by atoms with van der Waals surface area (Å²) in [6.07, 6.45) is -6.40. The number of hydrogen-bond acceptors (Lipinski definition) is 7. The second kappa shape index (κ2) is 8.40. The van der Waals surface area contributed by atoms with E-state index in [1.165, 1.54) is 0 Å². The number of benzene rings is 2. The first-order chi connectivity index (χ1) is 14.1. The lowest BCUT2D eigenvalue weighted by molar-refractivity contribution is -0.234. The lowest BCUT2D eigenvalue weighted by atomic mass is 9.94. The van der Waals surface area contributed by atoms with Crippen LogP contribution in [-0.4, -0.2) is 66.2 Å². The van der Waals surface area contributed by atoms with Gasteiger partial charge in [0.1, 0.15) is 30.5 Å². The van der Waals surface area contributed by atoms with E-state index in [1.54, 1.807) is 0 Å². The summed E-state index contributed by atoms with van der Waals surface area (Å²) in [4.78, 5) is 0. The molecule has 0 bridgehead atoms. The maximum absolute atomic E-state index is 10.5. The van der Waals surface area contributed by atoms with E-state index in [-0.39, 0.29) is 0 Å². The van der Waals surface area contributed by atoms with Gasteiger partial charge in [0.25, 0.3) is 0 Å². The maximum atomic E-state index is 10.5. The van der Waals surface area contributed by atoms with Crippen molar-refractivity contribution >= 4 is 0 Å². The van der Waals surface area contributed by atoms with Gasteiger partial charge in [0.2, 0.25) is 0 Å². The quantitative estimate of drug-likeness (QED) is 0.495. The SMILES string of the molecule is OC[C@H]1O[C@@H](c2nnc(-c3ccccc3)n2Cc2ccccc2)[C@H](O)[C@@H](O)[C@@H]1O. The van der Waals surface area contributed by atoms with Gasteiger partial charge in [-0.15, -0.1) is 10.2 Å². The highest BCUT2D eigenvalue weighted by atomic mass is 16.5. The van der Waals surface area contributed by atoms with Crippen LogP contribution in [0.15, 0.2) is 60.7 Å². The van der Waals surface area contributed by atoms with Crippen molar-refractivity contribution in [1.82, 2.24) is 14.8 Å². The zero-order valence-electron chi connectivity index (χ0n) is 15.6. The summed E-state index contributed by atoms with van der Waals surface area (Å²) in [5, 5.41) is 48.8. The van der Waals surface area contributed by atoms with E-state index in [2.05, 4.69) is 10.2 Å². The molecule has 0 spiro atoms. The summed E-state index contributed by atoms with van der Waals surface area (Å²) in [6.45, 7) is -0.0811. The van der Waals surface area contributed by atoms with Gasteiger partial charge in [-0.25, -0.2) is 0 Å². The largest absolute Gasteiger partial charge is 0.394 e. The molecule has 1 saturated heterocycles.